The molecular formula is C26H26N2O4. The molecule has 0 N–H and O–H groups in total. The number of hydrogen-bond acceptors (Lipinski definition) is 5. The Bertz CT molecular complexity index is 1220. The van der Waals surface area contributed by atoms with Crippen molar-refractivity contribution in [2.24, 2.45) is 0 Å². The summed E-state index contributed by atoms with van der Waals surface area (Å²) in [6.45, 7) is 2.79. The number of nitrogens with zero attached hydrogens (tertiary/aromatic N) is 2. The Balaban J connectivity index is 1.48. The summed E-state index contributed by atoms with van der Waals surface area (Å²) < 4.78 is 10.9. The molecule has 2 unspecified atom stereocenters. The van der Waals surface area contributed by atoms with Crippen LogP contribution in [-0.2, 0) is 16.0 Å². The van der Waals surface area contributed by atoms with Gasteiger partial charge in [-0.2, -0.15) is 0 Å². The van der Waals surface area contributed by atoms with E-state index in [0.29, 0.717) is 23.7 Å². The van der Waals surface area contributed by atoms with Crippen molar-refractivity contribution in [3.8, 4) is 11.5 Å². The lowest BCUT2D eigenvalue weighted by Crippen LogP contribution is -2.46. The van der Waals surface area contributed by atoms with Crippen LogP contribution in [0.4, 0.5) is 5.69 Å². The summed E-state index contributed by atoms with van der Waals surface area (Å²) >= 11 is 0. The predicted molar refractivity (Wildman–Crippen MR) is 123 cm³/mol. The molecule has 0 aliphatic carbocycles. The highest BCUT2D eigenvalue weighted by molar-refractivity contribution is 6.25. The van der Waals surface area contributed by atoms with Gasteiger partial charge in [0, 0.05) is 18.0 Å². The lowest BCUT2D eigenvalue weighted by Gasteiger charge is -2.38. The molecular weight excluding hydrogens is 404 g/mol. The second-order valence-electron chi connectivity index (χ2n) is 8.36. The van der Waals surface area contributed by atoms with E-state index in [2.05, 4.69) is 11.8 Å². The van der Waals surface area contributed by atoms with E-state index in [1.54, 1.807) is 14.2 Å². The van der Waals surface area contributed by atoms with Crippen molar-refractivity contribution in [3.63, 3.8) is 0 Å². The van der Waals surface area contributed by atoms with Crippen LogP contribution in [0.15, 0.2) is 54.6 Å². The lowest BCUT2D eigenvalue weighted by molar-refractivity contribution is -0.123. The third kappa shape index (κ3) is 3.14. The van der Waals surface area contributed by atoms with Crippen LogP contribution >= 0.6 is 0 Å². The molecule has 6 heteroatoms. The number of amides is 2. The van der Waals surface area contributed by atoms with E-state index >= 15 is 0 Å². The highest BCUT2D eigenvalue weighted by Crippen LogP contribution is 2.41. The van der Waals surface area contributed by atoms with Gasteiger partial charge in [0.25, 0.3) is 5.91 Å². The number of methoxy groups -OCH3 is 2. The van der Waals surface area contributed by atoms with E-state index in [-0.39, 0.29) is 24.3 Å². The SMILES string of the molecule is COc1cc2c(cc1OC)C(C)N(C1CC(=O)N(c3cccc4ccccc34)C1=O)CC2. The number of carbonyl (C=O) groups is 2. The largest absolute Gasteiger partial charge is 0.493 e. The van der Waals surface area contributed by atoms with Crippen LogP contribution in [0.1, 0.15) is 30.5 Å². The van der Waals surface area contributed by atoms with Gasteiger partial charge in [0.2, 0.25) is 5.91 Å². The van der Waals surface area contributed by atoms with Gasteiger partial charge < -0.3 is 9.47 Å². The fourth-order valence-corrected chi connectivity index (χ4v) is 5.12. The summed E-state index contributed by atoms with van der Waals surface area (Å²) in [4.78, 5) is 30.2. The maximum atomic E-state index is 13.6. The minimum Gasteiger partial charge on any atom is -0.493 e. The van der Waals surface area contributed by atoms with Gasteiger partial charge in [-0.3, -0.25) is 14.5 Å². The normalized spacial score (nSPS) is 21.2. The van der Waals surface area contributed by atoms with Crippen LogP contribution in [0.2, 0.25) is 0 Å². The average molecular weight is 431 g/mol. The summed E-state index contributed by atoms with van der Waals surface area (Å²) in [5.41, 5.74) is 2.96. The van der Waals surface area contributed by atoms with Gasteiger partial charge in [-0.15, -0.1) is 0 Å². The van der Waals surface area contributed by atoms with E-state index in [0.717, 1.165) is 22.8 Å². The summed E-state index contributed by atoms with van der Waals surface area (Å²) in [6, 6.07) is 17.1. The highest BCUT2D eigenvalue weighted by atomic mass is 16.5. The van der Waals surface area contributed by atoms with Crippen LogP contribution in [0.5, 0.6) is 11.5 Å². The summed E-state index contributed by atoms with van der Waals surface area (Å²) in [6.07, 6.45) is 0.973. The Morgan fingerprint density at radius 1 is 0.938 bits per heavy atom. The van der Waals surface area contributed by atoms with Gasteiger partial charge in [0.05, 0.1) is 32.4 Å². The fourth-order valence-electron chi connectivity index (χ4n) is 5.12. The molecule has 0 bridgehead atoms. The van der Waals surface area contributed by atoms with Gasteiger partial charge in [-0.25, -0.2) is 4.90 Å². The van der Waals surface area contributed by atoms with Crippen molar-refractivity contribution >= 4 is 28.3 Å². The molecule has 2 amide bonds. The zero-order valence-electron chi connectivity index (χ0n) is 18.5. The first-order valence-electron chi connectivity index (χ1n) is 10.9. The van der Waals surface area contributed by atoms with E-state index < -0.39 is 6.04 Å². The van der Waals surface area contributed by atoms with Gasteiger partial charge in [0.1, 0.15) is 0 Å². The topological polar surface area (TPSA) is 59.1 Å². The number of imide groups is 1. The number of hydrogen-bond donors (Lipinski definition) is 0. The maximum absolute atomic E-state index is 13.6. The Hall–Kier alpha value is -3.38. The van der Waals surface area contributed by atoms with E-state index in [1.807, 2.05) is 54.6 Å². The Morgan fingerprint density at radius 2 is 1.66 bits per heavy atom. The number of carbonyl (C=O) groups excluding carboxylic acids is 2. The van der Waals surface area contributed by atoms with Gasteiger partial charge in [0.15, 0.2) is 11.5 Å². The number of rotatable bonds is 4. The molecule has 32 heavy (non-hydrogen) atoms. The minimum atomic E-state index is -0.474. The molecule has 164 valence electrons. The minimum absolute atomic E-state index is 0.0206. The monoisotopic (exact) mass is 430 g/mol. The van der Waals surface area contributed by atoms with Gasteiger partial charge in [-0.05, 0) is 48.1 Å². The molecule has 3 aromatic carbocycles. The Labute approximate surface area is 187 Å². The van der Waals surface area contributed by atoms with Crippen molar-refractivity contribution < 1.29 is 19.1 Å². The lowest BCUT2D eigenvalue weighted by atomic mass is 9.91. The van der Waals surface area contributed by atoms with Crippen molar-refractivity contribution in [1.29, 1.82) is 0 Å². The van der Waals surface area contributed by atoms with Crippen LogP contribution in [-0.4, -0.2) is 43.5 Å². The molecule has 0 spiro atoms. The van der Waals surface area contributed by atoms with E-state index in [1.165, 1.54) is 10.5 Å². The number of benzene rings is 3. The molecule has 0 aromatic heterocycles. The second-order valence-corrected chi connectivity index (χ2v) is 8.36. The maximum Gasteiger partial charge on any atom is 0.251 e. The van der Waals surface area contributed by atoms with Crippen molar-refractivity contribution in [2.75, 3.05) is 25.7 Å². The molecule has 2 atom stereocenters. The summed E-state index contributed by atoms with van der Waals surface area (Å²) in [5, 5.41) is 1.92. The number of anilines is 1. The standard InChI is InChI=1S/C26H26N2O4/c1-16-20-14-24(32-3)23(31-2)13-18(20)11-12-27(16)22-15-25(29)28(26(22)30)21-10-6-8-17-7-4-5-9-19(17)21/h4-10,13-14,16,22H,11-12,15H2,1-3H3. The Morgan fingerprint density at radius 3 is 2.44 bits per heavy atom. The highest BCUT2D eigenvalue weighted by Gasteiger charge is 2.45. The average Bonchev–Trinajstić information content (AvgIpc) is 3.11. The van der Waals surface area contributed by atoms with Gasteiger partial charge in [-0.1, -0.05) is 36.4 Å². The van der Waals surface area contributed by atoms with Crippen molar-refractivity contribution in [3.05, 3.63) is 65.7 Å². The molecule has 2 aliphatic rings. The first kappa shape index (κ1) is 20.5. The smallest absolute Gasteiger partial charge is 0.251 e. The third-order valence-corrected chi connectivity index (χ3v) is 6.76. The zero-order valence-corrected chi connectivity index (χ0v) is 18.5. The first-order valence-corrected chi connectivity index (χ1v) is 10.9. The van der Waals surface area contributed by atoms with Crippen LogP contribution in [0.25, 0.3) is 10.8 Å². The zero-order chi connectivity index (χ0) is 22.4. The molecule has 5 rings (SSSR count). The second kappa shape index (κ2) is 7.95. The molecule has 6 nitrogen and oxygen atoms in total. The van der Waals surface area contributed by atoms with Crippen molar-refractivity contribution in [1.82, 2.24) is 4.90 Å². The first-order chi connectivity index (χ1) is 15.5. The molecule has 0 saturated carbocycles. The fraction of sp³-hybridized carbons (Fsp3) is 0.308. The Kier molecular flexibility index (Phi) is 5.10. The molecule has 1 saturated heterocycles. The number of ether oxygens (including phenoxy) is 2. The molecule has 2 heterocycles. The third-order valence-electron chi connectivity index (χ3n) is 6.76. The summed E-state index contributed by atoms with van der Waals surface area (Å²) in [5.74, 6) is 1.08. The van der Waals surface area contributed by atoms with Crippen LogP contribution < -0.4 is 14.4 Å². The number of fused-ring (bicyclic) bond motifs is 2. The van der Waals surface area contributed by atoms with Crippen LogP contribution in [0.3, 0.4) is 0 Å². The molecule has 0 radical (unpaired) electrons. The van der Waals surface area contributed by atoms with E-state index in [4.69, 9.17) is 9.47 Å². The molecule has 1 fully saturated rings. The summed E-state index contributed by atoms with van der Waals surface area (Å²) in [7, 11) is 3.25. The van der Waals surface area contributed by atoms with Gasteiger partial charge >= 0.3 is 0 Å². The quantitative estimate of drug-likeness (QED) is 0.583. The van der Waals surface area contributed by atoms with Crippen LogP contribution in [0, 0.1) is 0 Å². The molecule has 3 aromatic rings. The van der Waals surface area contributed by atoms with E-state index in [9.17, 15) is 9.59 Å². The van der Waals surface area contributed by atoms with Crippen molar-refractivity contribution in [2.45, 2.75) is 31.8 Å². The molecule has 2 aliphatic heterocycles. The predicted octanol–water partition coefficient (Wildman–Crippen LogP) is 4.11.